The molecule has 0 heterocycles. The van der Waals surface area contributed by atoms with Gasteiger partial charge in [-0.3, -0.25) is 9.63 Å². The van der Waals surface area contributed by atoms with Gasteiger partial charge in [0.2, 0.25) is 5.91 Å². The Bertz CT molecular complexity index is 390. The second kappa shape index (κ2) is 7.76. The fourth-order valence-electron chi connectivity index (χ4n) is 1.42. The van der Waals surface area contributed by atoms with Crippen LogP contribution in [0.15, 0.2) is 24.3 Å². The maximum absolute atomic E-state index is 10.5. The maximum Gasteiger partial charge on any atom is 0.245 e. The molecule has 1 rings (SSSR count). The van der Waals surface area contributed by atoms with Crippen molar-refractivity contribution in [1.29, 1.82) is 0 Å². The molecule has 1 aromatic rings. The Morgan fingerprint density at radius 1 is 1.26 bits per heavy atom. The second-order valence-electron chi connectivity index (χ2n) is 4.87. The Morgan fingerprint density at radius 2 is 1.89 bits per heavy atom. The summed E-state index contributed by atoms with van der Waals surface area (Å²) in [6, 6.07) is 7.73. The van der Waals surface area contributed by atoms with E-state index in [4.69, 9.17) is 15.3 Å². The first-order valence-electron chi connectivity index (χ1n) is 6.37. The number of carbonyl (C=O) groups is 1. The number of nitrogens with two attached hydrogens (primary N) is 1. The molecule has 5 heteroatoms. The van der Waals surface area contributed by atoms with Crippen LogP contribution < -0.4 is 16.0 Å². The molecule has 0 saturated heterocycles. The largest absolute Gasteiger partial charge is 0.493 e. The summed E-state index contributed by atoms with van der Waals surface area (Å²) in [7, 11) is 0. The SMILES string of the molecule is CC(C)COc1ccc(C(C)NOCC(N)=O)cc1. The highest BCUT2D eigenvalue weighted by molar-refractivity contribution is 5.74. The molecule has 5 nitrogen and oxygen atoms in total. The molecule has 19 heavy (non-hydrogen) atoms. The van der Waals surface area contributed by atoms with Crippen molar-refractivity contribution in [3.63, 3.8) is 0 Å². The number of nitrogens with one attached hydrogen (secondary N) is 1. The van der Waals surface area contributed by atoms with Gasteiger partial charge in [-0.25, -0.2) is 0 Å². The number of hydrogen-bond donors (Lipinski definition) is 2. The third-order valence-electron chi connectivity index (χ3n) is 2.44. The number of primary amides is 1. The van der Waals surface area contributed by atoms with Crippen LogP contribution in [0, 0.1) is 5.92 Å². The first-order chi connectivity index (χ1) is 8.99. The van der Waals surface area contributed by atoms with E-state index in [9.17, 15) is 4.79 Å². The Morgan fingerprint density at radius 3 is 2.42 bits per heavy atom. The molecule has 0 aliphatic rings. The molecule has 0 bridgehead atoms. The van der Waals surface area contributed by atoms with Crippen molar-refractivity contribution in [2.75, 3.05) is 13.2 Å². The van der Waals surface area contributed by atoms with Crippen molar-refractivity contribution in [2.45, 2.75) is 26.8 Å². The van der Waals surface area contributed by atoms with Crippen LogP contribution in [0.5, 0.6) is 5.75 Å². The van der Waals surface area contributed by atoms with E-state index in [0.717, 1.165) is 11.3 Å². The van der Waals surface area contributed by atoms with E-state index in [0.29, 0.717) is 12.5 Å². The Kier molecular flexibility index (Phi) is 6.32. The lowest BCUT2D eigenvalue weighted by Crippen LogP contribution is -2.26. The third kappa shape index (κ3) is 6.22. The summed E-state index contributed by atoms with van der Waals surface area (Å²) in [5.74, 6) is 0.849. The van der Waals surface area contributed by atoms with Gasteiger partial charge in [-0.05, 0) is 30.5 Å². The quantitative estimate of drug-likeness (QED) is 0.703. The smallest absolute Gasteiger partial charge is 0.245 e. The van der Waals surface area contributed by atoms with E-state index in [-0.39, 0.29) is 12.6 Å². The van der Waals surface area contributed by atoms with Gasteiger partial charge in [-0.1, -0.05) is 26.0 Å². The zero-order chi connectivity index (χ0) is 14.3. The summed E-state index contributed by atoms with van der Waals surface area (Å²) in [6.07, 6.45) is 0. The molecule has 0 aliphatic heterocycles. The van der Waals surface area contributed by atoms with E-state index in [2.05, 4.69) is 19.3 Å². The topological polar surface area (TPSA) is 73.6 Å². The van der Waals surface area contributed by atoms with Crippen LogP contribution in [0.3, 0.4) is 0 Å². The van der Waals surface area contributed by atoms with Crippen molar-refractivity contribution in [3.05, 3.63) is 29.8 Å². The van der Waals surface area contributed by atoms with Crippen molar-refractivity contribution < 1.29 is 14.4 Å². The zero-order valence-electron chi connectivity index (χ0n) is 11.7. The summed E-state index contributed by atoms with van der Waals surface area (Å²) < 4.78 is 5.60. The Labute approximate surface area is 114 Å². The number of carbonyl (C=O) groups excluding carboxylic acids is 1. The van der Waals surface area contributed by atoms with Gasteiger partial charge in [0.1, 0.15) is 12.4 Å². The average molecular weight is 266 g/mol. The summed E-state index contributed by atoms with van der Waals surface area (Å²) in [6.45, 7) is 6.71. The summed E-state index contributed by atoms with van der Waals surface area (Å²) in [5, 5.41) is 0. The van der Waals surface area contributed by atoms with Gasteiger partial charge in [-0.15, -0.1) is 0 Å². The molecule has 3 N–H and O–H groups in total. The number of hydrogen-bond acceptors (Lipinski definition) is 4. The standard InChI is InChI=1S/C14H22N2O3/c1-10(2)8-18-13-6-4-12(5-7-13)11(3)16-19-9-14(15)17/h4-7,10-11,16H,8-9H2,1-3H3,(H2,15,17). The molecule has 0 saturated carbocycles. The maximum atomic E-state index is 10.5. The molecule has 0 aromatic heterocycles. The third-order valence-corrected chi connectivity index (χ3v) is 2.44. The van der Waals surface area contributed by atoms with E-state index < -0.39 is 5.91 Å². The van der Waals surface area contributed by atoms with Crippen LogP contribution in [-0.4, -0.2) is 19.1 Å². The molecule has 0 spiro atoms. The molecular formula is C14H22N2O3. The minimum Gasteiger partial charge on any atom is -0.493 e. The monoisotopic (exact) mass is 266 g/mol. The van der Waals surface area contributed by atoms with Gasteiger partial charge < -0.3 is 10.5 Å². The first-order valence-corrected chi connectivity index (χ1v) is 6.37. The predicted octanol–water partition coefficient (Wildman–Crippen LogP) is 1.79. The molecule has 0 radical (unpaired) electrons. The van der Waals surface area contributed by atoms with E-state index in [1.165, 1.54) is 0 Å². The van der Waals surface area contributed by atoms with E-state index >= 15 is 0 Å². The molecular weight excluding hydrogens is 244 g/mol. The summed E-state index contributed by atoms with van der Waals surface area (Å²) in [4.78, 5) is 15.5. The first kappa shape index (κ1) is 15.5. The highest BCUT2D eigenvalue weighted by Gasteiger charge is 2.06. The zero-order valence-corrected chi connectivity index (χ0v) is 11.7. The summed E-state index contributed by atoms with van der Waals surface area (Å²) >= 11 is 0. The minimum absolute atomic E-state index is 0.0292. The van der Waals surface area contributed by atoms with Crippen molar-refractivity contribution in [2.24, 2.45) is 11.7 Å². The van der Waals surface area contributed by atoms with Gasteiger partial charge in [0, 0.05) is 0 Å². The molecule has 0 fully saturated rings. The van der Waals surface area contributed by atoms with Crippen molar-refractivity contribution in [1.82, 2.24) is 5.48 Å². The number of rotatable bonds is 8. The van der Waals surface area contributed by atoms with Crippen LogP contribution in [-0.2, 0) is 9.63 Å². The van der Waals surface area contributed by atoms with Gasteiger partial charge in [0.15, 0.2) is 0 Å². The van der Waals surface area contributed by atoms with Crippen LogP contribution in [0.2, 0.25) is 0 Å². The van der Waals surface area contributed by atoms with Crippen molar-refractivity contribution in [3.8, 4) is 5.75 Å². The normalized spacial score (nSPS) is 12.4. The Balaban J connectivity index is 2.43. The van der Waals surface area contributed by atoms with Crippen LogP contribution >= 0.6 is 0 Å². The van der Waals surface area contributed by atoms with Crippen LogP contribution in [0.25, 0.3) is 0 Å². The van der Waals surface area contributed by atoms with Gasteiger partial charge >= 0.3 is 0 Å². The fourth-order valence-corrected chi connectivity index (χ4v) is 1.42. The number of hydroxylamine groups is 1. The molecule has 106 valence electrons. The molecule has 1 aromatic carbocycles. The second-order valence-corrected chi connectivity index (χ2v) is 4.87. The van der Waals surface area contributed by atoms with E-state index in [1.807, 2.05) is 31.2 Å². The number of amides is 1. The lowest BCUT2D eigenvalue weighted by molar-refractivity contribution is -0.126. The fraction of sp³-hybridized carbons (Fsp3) is 0.500. The predicted molar refractivity (Wildman–Crippen MR) is 73.5 cm³/mol. The van der Waals surface area contributed by atoms with Crippen LogP contribution in [0.4, 0.5) is 0 Å². The lowest BCUT2D eigenvalue weighted by Gasteiger charge is -2.14. The highest BCUT2D eigenvalue weighted by Crippen LogP contribution is 2.18. The van der Waals surface area contributed by atoms with Crippen LogP contribution in [0.1, 0.15) is 32.4 Å². The average Bonchev–Trinajstić information content (AvgIpc) is 2.36. The number of benzene rings is 1. The lowest BCUT2D eigenvalue weighted by atomic mass is 10.1. The Hall–Kier alpha value is -1.59. The highest BCUT2D eigenvalue weighted by atomic mass is 16.6. The molecule has 1 unspecified atom stereocenters. The van der Waals surface area contributed by atoms with Gasteiger partial charge in [0.05, 0.1) is 12.6 Å². The number of ether oxygens (including phenoxy) is 1. The van der Waals surface area contributed by atoms with Crippen molar-refractivity contribution >= 4 is 5.91 Å². The molecule has 1 amide bonds. The van der Waals surface area contributed by atoms with E-state index in [1.54, 1.807) is 0 Å². The van der Waals surface area contributed by atoms with Gasteiger partial charge in [0.25, 0.3) is 0 Å². The minimum atomic E-state index is -0.503. The molecule has 1 atom stereocenters. The van der Waals surface area contributed by atoms with Gasteiger partial charge in [-0.2, -0.15) is 5.48 Å². The molecule has 0 aliphatic carbocycles. The summed E-state index contributed by atoms with van der Waals surface area (Å²) in [5.41, 5.74) is 8.78.